The smallest absolute Gasteiger partial charge is 0.124 e. The number of benzene rings is 1. The van der Waals surface area contributed by atoms with Crippen LogP contribution >= 0.6 is 11.3 Å². The highest BCUT2D eigenvalue weighted by atomic mass is 32.1. The molecule has 0 aliphatic rings. The first-order chi connectivity index (χ1) is 8.70. The Bertz CT molecular complexity index is 500. The van der Waals surface area contributed by atoms with Gasteiger partial charge in [0.25, 0.3) is 0 Å². The van der Waals surface area contributed by atoms with Gasteiger partial charge in [0, 0.05) is 35.8 Å². The number of methoxy groups -OCH3 is 1. The van der Waals surface area contributed by atoms with Crippen molar-refractivity contribution in [3.8, 4) is 11.5 Å². The summed E-state index contributed by atoms with van der Waals surface area (Å²) in [4.78, 5) is 4.21. The fourth-order valence-electron chi connectivity index (χ4n) is 1.71. The summed E-state index contributed by atoms with van der Waals surface area (Å²) in [5.41, 5.74) is 0.854. The zero-order valence-corrected chi connectivity index (χ0v) is 11.2. The van der Waals surface area contributed by atoms with Gasteiger partial charge in [-0.3, -0.25) is 0 Å². The number of nitrogens with one attached hydrogen (secondary N) is 1. The third-order valence-corrected chi connectivity index (χ3v) is 3.53. The minimum Gasteiger partial charge on any atom is -0.507 e. The van der Waals surface area contributed by atoms with Gasteiger partial charge in [0.1, 0.15) is 16.5 Å². The van der Waals surface area contributed by atoms with Crippen molar-refractivity contribution >= 4 is 11.3 Å². The number of hydrogen-bond donors (Lipinski definition) is 2. The van der Waals surface area contributed by atoms with Crippen molar-refractivity contribution in [2.24, 2.45) is 0 Å². The first kappa shape index (κ1) is 12.9. The average molecular weight is 264 g/mol. The lowest BCUT2D eigenvalue weighted by molar-refractivity contribution is 0.404. The molecule has 2 rings (SSSR count). The fourth-order valence-corrected chi connectivity index (χ4v) is 2.27. The molecular formula is C13H16N2O2S. The third-order valence-electron chi connectivity index (χ3n) is 2.75. The molecule has 1 aromatic carbocycles. The normalized spacial score (nSPS) is 12.3. The summed E-state index contributed by atoms with van der Waals surface area (Å²) < 4.78 is 5.06. The topological polar surface area (TPSA) is 54.4 Å². The van der Waals surface area contributed by atoms with Crippen LogP contribution in [0.25, 0.3) is 0 Å². The van der Waals surface area contributed by atoms with Gasteiger partial charge in [-0.25, -0.2) is 4.98 Å². The van der Waals surface area contributed by atoms with Gasteiger partial charge in [0.15, 0.2) is 0 Å². The number of ether oxygens (including phenoxy) is 1. The predicted molar refractivity (Wildman–Crippen MR) is 72.0 cm³/mol. The minimum atomic E-state index is 0.0554. The van der Waals surface area contributed by atoms with Crippen LogP contribution in [-0.2, 0) is 6.54 Å². The molecule has 1 heterocycles. The fraction of sp³-hybridized carbons (Fsp3) is 0.308. The van der Waals surface area contributed by atoms with Crippen molar-refractivity contribution in [3.63, 3.8) is 0 Å². The molecule has 2 aromatic rings. The van der Waals surface area contributed by atoms with Crippen molar-refractivity contribution in [2.75, 3.05) is 7.11 Å². The molecule has 0 saturated heterocycles. The molecular weight excluding hydrogens is 248 g/mol. The van der Waals surface area contributed by atoms with Gasteiger partial charge >= 0.3 is 0 Å². The second-order valence-corrected chi connectivity index (χ2v) is 4.93. The number of phenolic OH excluding ortho intramolecular Hbond substituents is 1. The molecule has 1 atom stereocenters. The molecule has 0 spiro atoms. The van der Waals surface area contributed by atoms with E-state index >= 15 is 0 Å². The summed E-state index contributed by atoms with van der Waals surface area (Å²) >= 11 is 1.61. The van der Waals surface area contributed by atoms with Crippen LogP contribution in [0.3, 0.4) is 0 Å². The predicted octanol–water partition coefficient (Wildman–Crippen LogP) is 2.71. The van der Waals surface area contributed by atoms with E-state index in [0.29, 0.717) is 12.3 Å². The lowest BCUT2D eigenvalue weighted by Gasteiger charge is -2.15. The molecule has 0 amide bonds. The van der Waals surface area contributed by atoms with Gasteiger partial charge in [-0.05, 0) is 13.0 Å². The molecule has 0 saturated carbocycles. The van der Waals surface area contributed by atoms with Crippen LogP contribution in [0.4, 0.5) is 0 Å². The summed E-state index contributed by atoms with van der Waals surface area (Å²) in [6, 6.07) is 5.39. The van der Waals surface area contributed by atoms with Crippen LogP contribution in [0.15, 0.2) is 29.8 Å². The van der Waals surface area contributed by atoms with E-state index in [9.17, 15) is 5.11 Å². The van der Waals surface area contributed by atoms with Gasteiger partial charge < -0.3 is 15.2 Å². The Morgan fingerprint density at radius 3 is 2.94 bits per heavy atom. The Morgan fingerprint density at radius 1 is 1.50 bits per heavy atom. The number of rotatable bonds is 5. The van der Waals surface area contributed by atoms with Crippen molar-refractivity contribution in [1.82, 2.24) is 10.3 Å². The van der Waals surface area contributed by atoms with Crippen LogP contribution in [0.5, 0.6) is 11.5 Å². The number of phenols is 1. The number of aromatic nitrogens is 1. The quantitative estimate of drug-likeness (QED) is 0.872. The van der Waals surface area contributed by atoms with Gasteiger partial charge in [0.2, 0.25) is 0 Å². The average Bonchev–Trinajstić information content (AvgIpc) is 2.88. The van der Waals surface area contributed by atoms with Crippen LogP contribution < -0.4 is 10.1 Å². The van der Waals surface area contributed by atoms with Crippen LogP contribution in [0.1, 0.15) is 23.5 Å². The van der Waals surface area contributed by atoms with Crippen molar-refractivity contribution in [1.29, 1.82) is 0 Å². The standard InChI is InChI=1S/C13H16N2O2S/c1-9(15-8-13-14-5-6-18-13)11-4-3-10(17-2)7-12(11)16/h3-7,9,15-16H,8H2,1-2H3. The van der Waals surface area contributed by atoms with E-state index in [-0.39, 0.29) is 11.8 Å². The second-order valence-electron chi connectivity index (χ2n) is 3.95. The van der Waals surface area contributed by atoms with E-state index in [1.807, 2.05) is 24.4 Å². The summed E-state index contributed by atoms with van der Waals surface area (Å²) in [6.45, 7) is 2.71. The third kappa shape index (κ3) is 3.00. The molecule has 0 radical (unpaired) electrons. The van der Waals surface area contributed by atoms with E-state index < -0.39 is 0 Å². The molecule has 1 unspecified atom stereocenters. The summed E-state index contributed by atoms with van der Waals surface area (Å²) in [7, 11) is 1.58. The number of nitrogens with zero attached hydrogens (tertiary/aromatic N) is 1. The van der Waals surface area contributed by atoms with Gasteiger partial charge in [-0.15, -0.1) is 11.3 Å². The molecule has 5 heteroatoms. The first-order valence-electron chi connectivity index (χ1n) is 5.69. The molecule has 0 aliphatic heterocycles. The maximum atomic E-state index is 9.92. The SMILES string of the molecule is COc1ccc(C(C)NCc2nccs2)c(O)c1. The van der Waals surface area contributed by atoms with Crippen molar-refractivity contribution < 1.29 is 9.84 Å². The molecule has 1 aromatic heterocycles. The summed E-state index contributed by atoms with van der Waals surface area (Å²) in [6.07, 6.45) is 1.79. The number of hydrogen-bond acceptors (Lipinski definition) is 5. The van der Waals surface area contributed by atoms with Gasteiger partial charge in [0.05, 0.1) is 7.11 Å². The molecule has 96 valence electrons. The maximum Gasteiger partial charge on any atom is 0.124 e. The zero-order chi connectivity index (χ0) is 13.0. The highest BCUT2D eigenvalue weighted by molar-refractivity contribution is 7.09. The lowest BCUT2D eigenvalue weighted by atomic mass is 10.1. The van der Waals surface area contributed by atoms with Crippen LogP contribution in [-0.4, -0.2) is 17.2 Å². The summed E-state index contributed by atoms with van der Waals surface area (Å²) in [5.74, 6) is 0.900. The monoisotopic (exact) mass is 264 g/mol. The minimum absolute atomic E-state index is 0.0554. The molecule has 0 aliphatic carbocycles. The highest BCUT2D eigenvalue weighted by Crippen LogP contribution is 2.28. The Labute approximate surface area is 110 Å². The lowest BCUT2D eigenvalue weighted by Crippen LogP contribution is -2.18. The molecule has 0 fully saturated rings. The van der Waals surface area contributed by atoms with Gasteiger partial charge in [-0.1, -0.05) is 6.07 Å². The Kier molecular flexibility index (Phi) is 4.17. The maximum absolute atomic E-state index is 9.92. The largest absolute Gasteiger partial charge is 0.507 e. The van der Waals surface area contributed by atoms with E-state index in [4.69, 9.17) is 4.74 Å². The molecule has 0 bridgehead atoms. The Morgan fingerprint density at radius 2 is 2.33 bits per heavy atom. The highest BCUT2D eigenvalue weighted by Gasteiger charge is 2.11. The molecule has 2 N–H and O–H groups in total. The van der Waals surface area contributed by atoms with E-state index in [0.717, 1.165) is 10.6 Å². The van der Waals surface area contributed by atoms with E-state index in [2.05, 4.69) is 10.3 Å². The van der Waals surface area contributed by atoms with Crippen molar-refractivity contribution in [2.45, 2.75) is 19.5 Å². The van der Waals surface area contributed by atoms with E-state index in [1.165, 1.54) is 0 Å². The number of thiazole rings is 1. The molecule has 18 heavy (non-hydrogen) atoms. The molecule has 4 nitrogen and oxygen atoms in total. The second kappa shape index (κ2) is 5.84. The van der Waals surface area contributed by atoms with Gasteiger partial charge in [-0.2, -0.15) is 0 Å². The Balaban J connectivity index is 2.02. The van der Waals surface area contributed by atoms with E-state index in [1.54, 1.807) is 30.7 Å². The number of aromatic hydroxyl groups is 1. The van der Waals surface area contributed by atoms with Crippen LogP contribution in [0, 0.1) is 0 Å². The Hall–Kier alpha value is -1.59. The first-order valence-corrected chi connectivity index (χ1v) is 6.57. The zero-order valence-electron chi connectivity index (χ0n) is 10.4. The van der Waals surface area contributed by atoms with Crippen molar-refractivity contribution in [3.05, 3.63) is 40.3 Å². The van der Waals surface area contributed by atoms with Crippen LogP contribution in [0.2, 0.25) is 0 Å². The summed E-state index contributed by atoms with van der Waals surface area (Å²) in [5, 5.41) is 16.2.